The van der Waals surface area contributed by atoms with E-state index in [1.165, 1.54) is 6.33 Å². The standard InChI is InChI=1S/C13H14ClN5O/c14-10-1-3-11(4-2-10)17-12-15-9-16-13(18-12)19-5-7-20-8-6-19/h1-4,9H,5-8H2,(H,15,16,17,18). The van der Waals surface area contributed by atoms with E-state index in [1.54, 1.807) is 0 Å². The first-order valence-electron chi connectivity index (χ1n) is 6.35. The van der Waals surface area contributed by atoms with Crippen LogP contribution in [0, 0.1) is 0 Å². The third kappa shape index (κ3) is 3.15. The molecule has 1 saturated heterocycles. The maximum absolute atomic E-state index is 5.85. The minimum atomic E-state index is 0.517. The maximum atomic E-state index is 5.85. The van der Waals surface area contributed by atoms with Gasteiger partial charge in [0.05, 0.1) is 13.2 Å². The highest BCUT2D eigenvalue weighted by Crippen LogP contribution is 2.17. The molecule has 0 aliphatic carbocycles. The van der Waals surface area contributed by atoms with E-state index in [0.717, 1.165) is 18.8 Å². The summed E-state index contributed by atoms with van der Waals surface area (Å²) in [6.45, 7) is 2.99. The normalized spacial score (nSPS) is 15.2. The Kier molecular flexibility index (Phi) is 3.94. The second-order valence-corrected chi connectivity index (χ2v) is 4.78. The van der Waals surface area contributed by atoms with Gasteiger partial charge in [-0.25, -0.2) is 9.97 Å². The van der Waals surface area contributed by atoms with Gasteiger partial charge in [0.25, 0.3) is 0 Å². The molecule has 1 fully saturated rings. The predicted molar refractivity (Wildman–Crippen MR) is 77.6 cm³/mol. The Hall–Kier alpha value is -1.92. The van der Waals surface area contributed by atoms with E-state index in [4.69, 9.17) is 16.3 Å². The van der Waals surface area contributed by atoms with Crippen molar-refractivity contribution in [3.05, 3.63) is 35.6 Å². The van der Waals surface area contributed by atoms with E-state index in [1.807, 2.05) is 24.3 Å². The van der Waals surface area contributed by atoms with Gasteiger partial charge in [-0.3, -0.25) is 0 Å². The van der Waals surface area contributed by atoms with E-state index < -0.39 is 0 Å². The highest BCUT2D eigenvalue weighted by Gasteiger charge is 2.14. The van der Waals surface area contributed by atoms with E-state index in [2.05, 4.69) is 25.2 Å². The minimum absolute atomic E-state index is 0.517. The van der Waals surface area contributed by atoms with Gasteiger partial charge in [-0.15, -0.1) is 0 Å². The molecule has 2 heterocycles. The molecule has 0 spiro atoms. The molecule has 0 amide bonds. The van der Waals surface area contributed by atoms with Crippen LogP contribution in [0.15, 0.2) is 30.6 Å². The van der Waals surface area contributed by atoms with Crippen LogP contribution in [0.4, 0.5) is 17.6 Å². The Labute approximate surface area is 121 Å². The highest BCUT2D eigenvalue weighted by molar-refractivity contribution is 6.30. The van der Waals surface area contributed by atoms with Crippen LogP contribution in [-0.4, -0.2) is 41.3 Å². The molecule has 0 radical (unpaired) electrons. The minimum Gasteiger partial charge on any atom is -0.378 e. The molecular weight excluding hydrogens is 278 g/mol. The molecule has 1 aliphatic heterocycles. The average molecular weight is 292 g/mol. The number of morpholine rings is 1. The number of hydrogen-bond acceptors (Lipinski definition) is 6. The first kappa shape index (κ1) is 13.1. The summed E-state index contributed by atoms with van der Waals surface area (Å²) in [5, 5.41) is 3.83. The second-order valence-electron chi connectivity index (χ2n) is 4.34. The zero-order valence-electron chi connectivity index (χ0n) is 10.8. The van der Waals surface area contributed by atoms with Crippen LogP contribution < -0.4 is 10.2 Å². The van der Waals surface area contributed by atoms with Crippen LogP contribution >= 0.6 is 11.6 Å². The molecular formula is C13H14ClN5O. The van der Waals surface area contributed by atoms with Crippen LogP contribution in [0.25, 0.3) is 0 Å². The molecule has 20 heavy (non-hydrogen) atoms. The molecule has 104 valence electrons. The van der Waals surface area contributed by atoms with Crippen molar-refractivity contribution in [2.24, 2.45) is 0 Å². The largest absolute Gasteiger partial charge is 0.378 e. The quantitative estimate of drug-likeness (QED) is 0.934. The fraction of sp³-hybridized carbons (Fsp3) is 0.308. The van der Waals surface area contributed by atoms with E-state index in [9.17, 15) is 0 Å². The third-order valence-electron chi connectivity index (χ3n) is 2.95. The summed E-state index contributed by atoms with van der Waals surface area (Å²) in [6.07, 6.45) is 1.51. The fourth-order valence-electron chi connectivity index (χ4n) is 1.93. The first-order chi connectivity index (χ1) is 9.81. The number of hydrogen-bond donors (Lipinski definition) is 1. The summed E-state index contributed by atoms with van der Waals surface area (Å²) in [7, 11) is 0. The summed E-state index contributed by atoms with van der Waals surface area (Å²) in [6, 6.07) is 7.38. The van der Waals surface area contributed by atoms with Gasteiger partial charge in [-0.2, -0.15) is 4.98 Å². The summed E-state index contributed by atoms with van der Waals surface area (Å²) < 4.78 is 5.32. The van der Waals surface area contributed by atoms with Gasteiger partial charge in [0, 0.05) is 23.8 Å². The molecule has 6 nitrogen and oxygen atoms in total. The van der Waals surface area contributed by atoms with Crippen LogP contribution in [0.1, 0.15) is 0 Å². The molecule has 7 heteroatoms. The van der Waals surface area contributed by atoms with Crippen molar-refractivity contribution in [2.75, 3.05) is 36.5 Å². The van der Waals surface area contributed by atoms with Crippen molar-refractivity contribution in [3.63, 3.8) is 0 Å². The van der Waals surface area contributed by atoms with Crippen LogP contribution in [-0.2, 0) is 4.74 Å². The van der Waals surface area contributed by atoms with Gasteiger partial charge in [-0.05, 0) is 24.3 Å². The number of aromatic nitrogens is 3. The number of ether oxygens (including phenoxy) is 1. The average Bonchev–Trinajstić information content (AvgIpc) is 2.51. The highest BCUT2D eigenvalue weighted by atomic mass is 35.5. The lowest BCUT2D eigenvalue weighted by atomic mass is 10.3. The van der Waals surface area contributed by atoms with Gasteiger partial charge < -0.3 is 15.0 Å². The molecule has 2 aromatic rings. The van der Waals surface area contributed by atoms with Crippen molar-refractivity contribution in [2.45, 2.75) is 0 Å². The fourth-order valence-corrected chi connectivity index (χ4v) is 2.05. The van der Waals surface area contributed by atoms with E-state index in [0.29, 0.717) is 30.1 Å². The van der Waals surface area contributed by atoms with Gasteiger partial charge in [0.2, 0.25) is 11.9 Å². The van der Waals surface area contributed by atoms with Crippen molar-refractivity contribution in [1.29, 1.82) is 0 Å². The SMILES string of the molecule is Clc1ccc(Nc2ncnc(N3CCOCC3)n2)cc1. The van der Waals surface area contributed by atoms with Gasteiger partial charge in [0.1, 0.15) is 6.33 Å². The van der Waals surface area contributed by atoms with Crippen LogP contribution in [0.2, 0.25) is 5.02 Å². The lowest BCUT2D eigenvalue weighted by molar-refractivity contribution is 0.122. The number of anilines is 3. The smallest absolute Gasteiger partial charge is 0.231 e. The number of rotatable bonds is 3. The third-order valence-corrected chi connectivity index (χ3v) is 3.21. The Morgan fingerprint density at radius 1 is 1.10 bits per heavy atom. The van der Waals surface area contributed by atoms with Crippen LogP contribution in [0.3, 0.4) is 0 Å². The number of benzene rings is 1. The molecule has 0 bridgehead atoms. The predicted octanol–water partition coefficient (Wildman–Crippen LogP) is 2.11. The molecule has 0 saturated carbocycles. The Morgan fingerprint density at radius 2 is 1.85 bits per heavy atom. The molecule has 1 aromatic carbocycles. The lowest BCUT2D eigenvalue weighted by Crippen LogP contribution is -2.37. The maximum Gasteiger partial charge on any atom is 0.231 e. The number of nitrogens with one attached hydrogen (secondary N) is 1. The Morgan fingerprint density at radius 3 is 2.60 bits per heavy atom. The van der Waals surface area contributed by atoms with Crippen LogP contribution in [0.5, 0.6) is 0 Å². The van der Waals surface area contributed by atoms with E-state index in [-0.39, 0.29) is 0 Å². The zero-order valence-corrected chi connectivity index (χ0v) is 11.5. The monoisotopic (exact) mass is 291 g/mol. The van der Waals surface area contributed by atoms with Crippen molar-refractivity contribution < 1.29 is 4.74 Å². The summed E-state index contributed by atoms with van der Waals surface area (Å²) in [5.41, 5.74) is 0.883. The van der Waals surface area contributed by atoms with Crippen molar-refractivity contribution in [1.82, 2.24) is 15.0 Å². The first-order valence-corrected chi connectivity index (χ1v) is 6.73. The van der Waals surface area contributed by atoms with E-state index >= 15 is 0 Å². The van der Waals surface area contributed by atoms with Gasteiger partial charge in [0.15, 0.2) is 0 Å². The summed E-state index contributed by atoms with van der Waals surface area (Å²) >= 11 is 5.85. The van der Waals surface area contributed by atoms with Gasteiger partial charge >= 0.3 is 0 Å². The topological polar surface area (TPSA) is 63.2 Å². The Balaban J connectivity index is 1.75. The molecule has 0 atom stereocenters. The summed E-state index contributed by atoms with van der Waals surface area (Å²) in [4.78, 5) is 14.8. The molecule has 1 N–H and O–H groups in total. The zero-order chi connectivity index (χ0) is 13.8. The number of nitrogens with zero attached hydrogens (tertiary/aromatic N) is 4. The molecule has 1 aliphatic rings. The van der Waals surface area contributed by atoms with Crippen molar-refractivity contribution >= 4 is 29.2 Å². The molecule has 0 unspecified atom stereocenters. The Bertz CT molecular complexity index is 571. The molecule has 1 aromatic heterocycles. The lowest BCUT2D eigenvalue weighted by Gasteiger charge is -2.26. The second kappa shape index (κ2) is 6.02. The molecule has 3 rings (SSSR count). The van der Waals surface area contributed by atoms with Gasteiger partial charge in [-0.1, -0.05) is 11.6 Å². The number of halogens is 1. The summed E-state index contributed by atoms with van der Waals surface area (Å²) in [5.74, 6) is 1.18. The van der Waals surface area contributed by atoms with Crippen molar-refractivity contribution in [3.8, 4) is 0 Å².